The van der Waals surface area contributed by atoms with Crippen LogP contribution >= 0.6 is 0 Å². The molecular weight excluding hydrogens is 514 g/mol. The van der Waals surface area contributed by atoms with Crippen molar-refractivity contribution in [3.63, 3.8) is 0 Å². The van der Waals surface area contributed by atoms with Crippen molar-refractivity contribution < 1.29 is 32.6 Å². The summed E-state index contributed by atoms with van der Waals surface area (Å²) in [4.78, 5) is 52.8. The molecule has 4 rings (SSSR count). The standard InChI is InChI=1S/C27H30F2N4O6/c1-27(2,3)39-26(36)31-21(15-9-11-38-12-10-15)25(35)33-14-16-7-8-17(32-37)13-18(16)23(33)24(34)30-22-19(28)5-4-6-20(22)29/h4-8,13,15,21,23H,9-12,14H2,1-3H3,(H,30,34)(H,31,36)/t21-,23-/m0/s1. The number of carbonyl (C=O) groups is 3. The van der Waals surface area contributed by atoms with Gasteiger partial charge in [0.05, 0.1) is 0 Å². The first-order chi connectivity index (χ1) is 18.5. The van der Waals surface area contributed by atoms with Gasteiger partial charge < -0.3 is 25.0 Å². The van der Waals surface area contributed by atoms with Crippen LogP contribution in [-0.2, 0) is 25.6 Å². The molecule has 0 bridgehead atoms. The maximum Gasteiger partial charge on any atom is 0.408 e. The van der Waals surface area contributed by atoms with E-state index in [1.54, 1.807) is 26.8 Å². The van der Waals surface area contributed by atoms with Crippen molar-refractivity contribution in [2.45, 2.75) is 57.8 Å². The number of carbonyl (C=O) groups excluding carboxylic acids is 3. The Morgan fingerprint density at radius 2 is 1.77 bits per heavy atom. The van der Waals surface area contributed by atoms with Crippen LogP contribution in [0.4, 0.5) is 25.0 Å². The van der Waals surface area contributed by atoms with Crippen LogP contribution in [0.1, 0.15) is 50.8 Å². The summed E-state index contributed by atoms with van der Waals surface area (Å²) in [5.74, 6) is -3.78. The van der Waals surface area contributed by atoms with Crippen LogP contribution in [0.2, 0.25) is 0 Å². The third-order valence-electron chi connectivity index (χ3n) is 6.60. The van der Waals surface area contributed by atoms with Crippen LogP contribution in [0.5, 0.6) is 0 Å². The SMILES string of the molecule is CC(C)(C)OC(=O)N[C@H](C(=O)N1Cc2ccc(N=O)cc2[C@H]1C(=O)Nc1c(F)cccc1F)C1CCOCC1. The number of para-hydroxylation sites is 1. The number of halogens is 2. The molecule has 2 heterocycles. The molecule has 12 heteroatoms. The van der Waals surface area contributed by atoms with Gasteiger partial charge in [0.2, 0.25) is 5.91 Å². The molecule has 1 saturated heterocycles. The lowest BCUT2D eigenvalue weighted by atomic mass is 9.90. The molecule has 2 N–H and O–H groups in total. The van der Waals surface area contributed by atoms with Crippen LogP contribution < -0.4 is 10.6 Å². The molecule has 39 heavy (non-hydrogen) atoms. The van der Waals surface area contributed by atoms with E-state index in [-0.39, 0.29) is 23.7 Å². The summed E-state index contributed by atoms with van der Waals surface area (Å²) in [7, 11) is 0. The van der Waals surface area contributed by atoms with Gasteiger partial charge in [0.25, 0.3) is 5.91 Å². The number of benzene rings is 2. The Bertz CT molecular complexity index is 1260. The van der Waals surface area contributed by atoms with Crippen molar-refractivity contribution in [3.05, 3.63) is 64.1 Å². The zero-order chi connectivity index (χ0) is 28.3. The first-order valence-corrected chi connectivity index (χ1v) is 12.6. The number of amides is 3. The molecule has 0 saturated carbocycles. The minimum Gasteiger partial charge on any atom is -0.444 e. The predicted molar refractivity (Wildman–Crippen MR) is 137 cm³/mol. The number of fused-ring (bicyclic) bond motifs is 1. The first-order valence-electron chi connectivity index (χ1n) is 12.6. The highest BCUT2D eigenvalue weighted by Gasteiger charge is 2.44. The Morgan fingerprint density at radius 1 is 1.10 bits per heavy atom. The lowest BCUT2D eigenvalue weighted by molar-refractivity contribution is -0.142. The van der Waals surface area contributed by atoms with Crippen LogP contribution in [0, 0.1) is 22.5 Å². The summed E-state index contributed by atoms with van der Waals surface area (Å²) in [6, 6.07) is 5.09. The van der Waals surface area contributed by atoms with E-state index in [1.807, 2.05) is 0 Å². The molecule has 2 aromatic carbocycles. The van der Waals surface area contributed by atoms with Gasteiger partial charge in [-0.15, -0.1) is 4.91 Å². The van der Waals surface area contributed by atoms with Gasteiger partial charge in [-0.3, -0.25) is 9.59 Å². The van der Waals surface area contributed by atoms with E-state index < -0.39 is 52.9 Å². The fourth-order valence-corrected chi connectivity index (χ4v) is 4.82. The molecule has 0 aromatic heterocycles. The Hall–Kier alpha value is -3.93. The number of rotatable bonds is 6. The van der Waals surface area contributed by atoms with E-state index in [2.05, 4.69) is 15.8 Å². The summed E-state index contributed by atoms with van der Waals surface area (Å²) in [5, 5.41) is 7.83. The number of hydrogen-bond acceptors (Lipinski definition) is 7. The largest absolute Gasteiger partial charge is 0.444 e. The second-order valence-electron chi connectivity index (χ2n) is 10.5. The van der Waals surface area contributed by atoms with E-state index in [9.17, 15) is 28.1 Å². The summed E-state index contributed by atoms with van der Waals surface area (Å²) < 4.78 is 39.5. The molecule has 2 aliphatic rings. The second kappa shape index (κ2) is 11.4. The topological polar surface area (TPSA) is 126 Å². The van der Waals surface area contributed by atoms with Crippen LogP contribution in [0.3, 0.4) is 0 Å². The van der Waals surface area contributed by atoms with Crippen molar-refractivity contribution in [1.82, 2.24) is 10.2 Å². The van der Waals surface area contributed by atoms with E-state index in [1.165, 1.54) is 17.0 Å². The number of ether oxygens (including phenoxy) is 2. The van der Waals surface area contributed by atoms with E-state index in [0.29, 0.717) is 31.6 Å². The molecule has 3 amide bonds. The smallest absolute Gasteiger partial charge is 0.408 e. The number of nitrogens with one attached hydrogen (secondary N) is 2. The highest BCUT2D eigenvalue weighted by Crippen LogP contribution is 2.38. The van der Waals surface area contributed by atoms with Crippen LogP contribution in [0.25, 0.3) is 0 Å². The van der Waals surface area contributed by atoms with Crippen molar-refractivity contribution in [2.24, 2.45) is 11.1 Å². The monoisotopic (exact) mass is 544 g/mol. The summed E-state index contributed by atoms with van der Waals surface area (Å²) in [6.07, 6.45) is 0.151. The molecule has 2 atom stereocenters. The van der Waals surface area contributed by atoms with E-state index >= 15 is 0 Å². The maximum absolute atomic E-state index is 14.4. The zero-order valence-electron chi connectivity index (χ0n) is 21.8. The molecule has 0 spiro atoms. The normalized spacial score (nSPS) is 18.2. The first kappa shape index (κ1) is 28.1. The van der Waals surface area contributed by atoms with Crippen molar-refractivity contribution in [2.75, 3.05) is 18.5 Å². The molecule has 2 aliphatic heterocycles. The Kier molecular flexibility index (Phi) is 8.24. The summed E-state index contributed by atoms with van der Waals surface area (Å²) >= 11 is 0. The molecule has 0 radical (unpaired) electrons. The van der Waals surface area contributed by atoms with Gasteiger partial charge in [0.15, 0.2) is 0 Å². The van der Waals surface area contributed by atoms with Crippen LogP contribution in [0.15, 0.2) is 41.6 Å². The molecule has 10 nitrogen and oxygen atoms in total. The quantitative estimate of drug-likeness (QED) is 0.508. The van der Waals surface area contributed by atoms with Crippen molar-refractivity contribution in [3.8, 4) is 0 Å². The van der Waals surface area contributed by atoms with Crippen molar-refractivity contribution >= 4 is 29.3 Å². The molecule has 2 aromatic rings. The summed E-state index contributed by atoms with van der Waals surface area (Å²) in [6.45, 7) is 5.80. The van der Waals surface area contributed by atoms with E-state index in [0.717, 1.165) is 18.2 Å². The van der Waals surface area contributed by atoms with Gasteiger partial charge >= 0.3 is 6.09 Å². The van der Waals surface area contributed by atoms with Gasteiger partial charge in [-0.05, 0) is 80.1 Å². The number of nitrogens with zero attached hydrogens (tertiary/aromatic N) is 2. The van der Waals surface area contributed by atoms with Gasteiger partial charge in [0, 0.05) is 19.8 Å². The highest BCUT2D eigenvalue weighted by atomic mass is 19.1. The minimum absolute atomic E-state index is 0.0192. The average molecular weight is 545 g/mol. The number of hydrogen-bond donors (Lipinski definition) is 2. The minimum atomic E-state index is -1.35. The Morgan fingerprint density at radius 3 is 2.38 bits per heavy atom. The Balaban J connectivity index is 1.70. The van der Waals surface area contributed by atoms with Crippen LogP contribution in [-0.4, -0.2) is 47.7 Å². The number of nitroso groups, excluding NO2 is 1. The van der Waals surface area contributed by atoms with Gasteiger partial charge in [-0.2, -0.15) is 0 Å². The average Bonchev–Trinajstić information content (AvgIpc) is 3.27. The maximum atomic E-state index is 14.4. The fraction of sp³-hybridized carbons (Fsp3) is 0.444. The van der Waals surface area contributed by atoms with Gasteiger partial charge in [0.1, 0.15) is 40.7 Å². The predicted octanol–water partition coefficient (Wildman–Crippen LogP) is 4.70. The lowest BCUT2D eigenvalue weighted by Gasteiger charge is -2.35. The Labute approximate surface area is 224 Å². The molecule has 1 fully saturated rings. The second-order valence-corrected chi connectivity index (χ2v) is 10.5. The van der Waals surface area contributed by atoms with Gasteiger partial charge in [-0.1, -0.05) is 12.1 Å². The third-order valence-corrected chi connectivity index (χ3v) is 6.60. The van der Waals surface area contributed by atoms with E-state index in [4.69, 9.17) is 9.47 Å². The zero-order valence-corrected chi connectivity index (χ0v) is 21.8. The fourth-order valence-electron chi connectivity index (χ4n) is 4.82. The lowest BCUT2D eigenvalue weighted by Crippen LogP contribution is -2.54. The van der Waals surface area contributed by atoms with Gasteiger partial charge in [-0.25, -0.2) is 13.6 Å². The molecular formula is C27H30F2N4O6. The molecule has 0 unspecified atom stereocenters. The highest BCUT2D eigenvalue weighted by molar-refractivity contribution is 6.00. The number of alkyl carbamates (subject to hydrolysis) is 1. The summed E-state index contributed by atoms with van der Waals surface area (Å²) in [5.41, 5.74) is -0.626. The molecule has 0 aliphatic carbocycles. The van der Waals surface area contributed by atoms with Crippen molar-refractivity contribution in [1.29, 1.82) is 0 Å². The molecule has 208 valence electrons. The number of anilines is 1. The third kappa shape index (κ3) is 6.39.